The summed E-state index contributed by atoms with van der Waals surface area (Å²) in [7, 11) is 1.80. The van der Waals surface area contributed by atoms with Crippen molar-refractivity contribution in [1.82, 2.24) is 9.47 Å². The average molecular weight is 354 g/mol. The number of nitrogens with zero attached hydrogens (tertiary/aromatic N) is 2. The van der Waals surface area contributed by atoms with Crippen LogP contribution in [0.2, 0.25) is 0 Å². The molecule has 0 aromatic carbocycles. The fourth-order valence-electron chi connectivity index (χ4n) is 4.43. The molecule has 1 atom stereocenters. The van der Waals surface area contributed by atoms with Crippen LogP contribution in [0.1, 0.15) is 71.9 Å². The lowest BCUT2D eigenvalue weighted by Gasteiger charge is -2.29. The Morgan fingerprint density at radius 3 is 2.81 bits per heavy atom. The molecule has 1 amide bonds. The Balaban J connectivity index is 1.74. The molecule has 0 spiro atoms. The van der Waals surface area contributed by atoms with Gasteiger partial charge in [-0.15, -0.1) is 0 Å². The lowest BCUT2D eigenvalue weighted by atomic mass is 9.94. The number of hydrogen-bond acceptors (Lipinski definition) is 3. The third-order valence-electron chi connectivity index (χ3n) is 5.85. The highest BCUT2D eigenvalue weighted by molar-refractivity contribution is 5.94. The van der Waals surface area contributed by atoms with E-state index >= 15 is 0 Å². The van der Waals surface area contributed by atoms with Crippen molar-refractivity contribution in [2.24, 2.45) is 7.05 Å². The molecule has 1 saturated heterocycles. The molecular formula is C21H26N2O3. The van der Waals surface area contributed by atoms with Crippen molar-refractivity contribution in [2.45, 2.75) is 57.4 Å². The van der Waals surface area contributed by atoms with Crippen LogP contribution < -0.4 is 5.56 Å². The fraction of sp³-hybridized carbons (Fsp3) is 0.524. The minimum absolute atomic E-state index is 0.0826. The molecule has 0 saturated carbocycles. The summed E-state index contributed by atoms with van der Waals surface area (Å²) in [4.78, 5) is 28.1. The molecule has 5 heteroatoms. The van der Waals surface area contributed by atoms with E-state index in [1.54, 1.807) is 17.9 Å². The van der Waals surface area contributed by atoms with E-state index in [-0.39, 0.29) is 17.5 Å². The summed E-state index contributed by atoms with van der Waals surface area (Å²) in [6.07, 6.45) is 9.78. The van der Waals surface area contributed by atoms with Crippen LogP contribution in [0.4, 0.5) is 0 Å². The quantitative estimate of drug-likeness (QED) is 0.828. The zero-order valence-electron chi connectivity index (χ0n) is 15.4. The zero-order valence-corrected chi connectivity index (χ0v) is 15.4. The molecule has 138 valence electrons. The van der Waals surface area contributed by atoms with Crippen molar-refractivity contribution >= 4 is 5.91 Å². The van der Waals surface area contributed by atoms with E-state index in [1.165, 1.54) is 0 Å². The van der Waals surface area contributed by atoms with Crippen LogP contribution in [0.15, 0.2) is 33.7 Å². The first kappa shape index (κ1) is 17.1. The maximum atomic E-state index is 13.4. The third-order valence-corrected chi connectivity index (χ3v) is 5.85. The van der Waals surface area contributed by atoms with Gasteiger partial charge >= 0.3 is 0 Å². The molecule has 26 heavy (non-hydrogen) atoms. The molecule has 4 rings (SSSR count). The lowest BCUT2D eigenvalue weighted by Crippen LogP contribution is -2.39. The van der Waals surface area contributed by atoms with E-state index in [9.17, 15) is 9.59 Å². The largest absolute Gasteiger partial charge is 0.467 e. The number of likely N-dealkylation sites (tertiary alicyclic amines) is 1. The molecule has 1 aliphatic carbocycles. The van der Waals surface area contributed by atoms with Gasteiger partial charge in [-0.3, -0.25) is 9.59 Å². The number of carbonyl (C=O) groups excluding carboxylic acids is 1. The highest BCUT2D eigenvalue weighted by Crippen LogP contribution is 2.31. The minimum atomic E-state index is -0.168. The standard InChI is InChI=1S/C21H26N2O3/c1-22-17-9-5-4-8-15(17)14-16(20(22)24)21(25)23-12-6-2-3-10-18(23)19-11-7-13-26-19/h7,11,13-14,18H,2-6,8-10,12H2,1H3/t18-/m0/s1. The molecule has 2 aromatic heterocycles. The first-order valence-corrected chi connectivity index (χ1v) is 9.73. The Bertz CT molecular complexity index is 851. The highest BCUT2D eigenvalue weighted by Gasteiger charge is 2.31. The SMILES string of the molecule is Cn1c2c(cc(C(=O)N3CCCCC[C@H]3c3ccco3)c1=O)CCCC2. The molecule has 1 fully saturated rings. The predicted octanol–water partition coefficient (Wildman–Crippen LogP) is 3.61. The van der Waals surface area contributed by atoms with Crippen LogP contribution in [0, 0.1) is 0 Å². The van der Waals surface area contributed by atoms with Crippen LogP contribution in [0.3, 0.4) is 0 Å². The van der Waals surface area contributed by atoms with E-state index in [4.69, 9.17) is 4.42 Å². The zero-order chi connectivity index (χ0) is 18.1. The number of carbonyl (C=O) groups is 1. The van der Waals surface area contributed by atoms with Crippen LogP contribution in [-0.2, 0) is 19.9 Å². The van der Waals surface area contributed by atoms with E-state index in [0.29, 0.717) is 12.1 Å². The number of furan rings is 1. The highest BCUT2D eigenvalue weighted by atomic mass is 16.3. The third kappa shape index (κ3) is 3.00. The molecule has 5 nitrogen and oxygen atoms in total. The van der Waals surface area contributed by atoms with Crippen molar-refractivity contribution in [3.63, 3.8) is 0 Å². The second-order valence-electron chi connectivity index (χ2n) is 7.48. The summed E-state index contributed by atoms with van der Waals surface area (Å²) in [6, 6.07) is 5.58. The number of pyridine rings is 1. The van der Waals surface area contributed by atoms with Crippen LogP contribution >= 0.6 is 0 Å². The second-order valence-corrected chi connectivity index (χ2v) is 7.48. The van der Waals surface area contributed by atoms with Crippen molar-refractivity contribution in [2.75, 3.05) is 6.54 Å². The normalized spacial score (nSPS) is 20.5. The molecular weight excluding hydrogens is 328 g/mol. The molecule has 0 bridgehead atoms. The van der Waals surface area contributed by atoms with Gasteiger partial charge in [0, 0.05) is 19.3 Å². The fourth-order valence-corrected chi connectivity index (χ4v) is 4.43. The molecule has 0 radical (unpaired) electrons. The second kappa shape index (κ2) is 7.14. The average Bonchev–Trinajstić information content (AvgIpc) is 3.08. The van der Waals surface area contributed by atoms with Crippen LogP contribution in [-0.4, -0.2) is 21.9 Å². The van der Waals surface area contributed by atoms with Gasteiger partial charge in [-0.05, 0) is 62.3 Å². The predicted molar refractivity (Wildman–Crippen MR) is 99.3 cm³/mol. The summed E-state index contributed by atoms with van der Waals surface area (Å²) in [5.74, 6) is 0.664. The number of hydrogen-bond donors (Lipinski definition) is 0. The number of amides is 1. The Kier molecular flexibility index (Phi) is 4.70. The summed E-state index contributed by atoms with van der Waals surface area (Å²) in [5, 5.41) is 0. The van der Waals surface area contributed by atoms with E-state index in [1.807, 2.05) is 23.1 Å². The summed E-state index contributed by atoms with van der Waals surface area (Å²) >= 11 is 0. The Morgan fingerprint density at radius 2 is 2.00 bits per heavy atom. The Labute approximate surface area is 153 Å². The van der Waals surface area contributed by atoms with Gasteiger partial charge in [0.15, 0.2) is 0 Å². The van der Waals surface area contributed by atoms with Crippen molar-refractivity contribution in [1.29, 1.82) is 0 Å². The van der Waals surface area contributed by atoms with Crippen molar-refractivity contribution in [3.8, 4) is 0 Å². The Morgan fingerprint density at radius 1 is 1.15 bits per heavy atom. The van der Waals surface area contributed by atoms with Gasteiger partial charge in [-0.1, -0.05) is 12.8 Å². The van der Waals surface area contributed by atoms with E-state index in [0.717, 1.165) is 68.4 Å². The summed E-state index contributed by atoms with van der Waals surface area (Å²) in [6.45, 7) is 0.671. The Hall–Kier alpha value is -2.30. The molecule has 2 aliphatic rings. The van der Waals surface area contributed by atoms with E-state index < -0.39 is 0 Å². The molecule has 0 unspecified atom stereocenters. The number of aryl methyl sites for hydroxylation is 1. The van der Waals surface area contributed by atoms with E-state index in [2.05, 4.69) is 0 Å². The van der Waals surface area contributed by atoms with Crippen molar-refractivity contribution < 1.29 is 9.21 Å². The molecule has 0 N–H and O–H groups in total. The van der Waals surface area contributed by atoms with Gasteiger partial charge in [0.25, 0.3) is 11.5 Å². The van der Waals surface area contributed by atoms with Gasteiger partial charge in [0.2, 0.25) is 0 Å². The summed E-state index contributed by atoms with van der Waals surface area (Å²) < 4.78 is 7.31. The first-order valence-electron chi connectivity index (χ1n) is 9.73. The molecule has 1 aliphatic heterocycles. The number of fused-ring (bicyclic) bond motifs is 1. The first-order chi connectivity index (χ1) is 12.7. The minimum Gasteiger partial charge on any atom is -0.467 e. The molecule has 2 aromatic rings. The van der Waals surface area contributed by atoms with Crippen molar-refractivity contribution in [3.05, 3.63) is 57.4 Å². The van der Waals surface area contributed by atoms with Crippen LogP contribution in [0.25, 0.3) is 0 Å². The summed E-state index contributed by atoms with van der Waals surface area (Å²) in [5.41, 5.74) is 2.40. The lowest BCUT2D eigenvalue weighted by molar-refractivity contribution is 0.0655. The maximum absolute atomic E-state index is 13.4. The van der Waals surface area contributed by atoms with Crippen LogP contribution in [0.5, 0.6) is 0 Å². The monoisotopic (exact) mass is 354 g/mol. The van der Waals surface area contributed by atoms with Gasteiger partial charge in [-0.25, -0.2) is 0 Å². The number of rotatable bonds is 2. The number of aromatic nitrogens is 1. The smallest absolute Gasteiger partial charge is 0.263 e. The van der Waals surface area contributed by atoms with Gasteiger partial charge in [0.05, 0.1) is 12.3 Å². The maximum Gasteiger partial charge on any atom is 0.263 e. The van der Waals surface area contributed by atoms with Gasteiger partial charge in [0.1, 0.15) is 11.3 Å². The topological polar surface area (TPSA) is 55.5 Å². The van der Waals surface area contributed by atoms with Gasteiger partial charge < -0.3 is 13.9 Å². The van der Waals surface area contributed by atoms with Gasteiger partial charge in [-0.2, -0.15) is 0 Å². The molecule has 3 heterocycles.